The van der Waals surface area contributed by atoms with Crippen molar-refractivity contribution >= 4 is 29.1 Å². The number of carbonyl (C=O) groups is 2. The maximum Gasteiger partial charge on any atom is 0.250 e. The van der Waals surface area contributed by atoms with E-state index in [4.69, 9.17) is 11.6 Å². The van der Waals surface area contributed by atoms with Gasteiger partial charge in [0, 0.05) is 10.7 Å². The molecular formula is C16H19ClN2O2. The summed E-state index contributed by atoms with van der Waals surface area (Å²) in [7, 11) is 0. The van der Waals surface area contributed by atoms with Crippen LogP contribution in [0, 0.1) is 5.92 Å². The molecular weight excluding hydrogens is 288 g/mol. The molecule has 2 amide bonds. The van der Waals surface area contributed by atoms with E-state index >= 15 is 0 Å². The van der Waals surface area contributed by atoms with Gasteiger partial charge >= 0.3 is 0 Å². The molecule has 4 nitrogen and oxygen atoms in total. The Morgan fingerprint density at radius 1 is 1.14 bits per heavy atom. The number of amides is 2. The number of benzene rings is 1. The van der Waals surface area contributed by atoms with Crippen molar-refractivity contribution in [1.29, 1.82) is 0 Å². The fourth-order valence-corrected chi connectivity index (χ4v) is 3.50. The van der Waals surface area contributed by atoms with Gasteiger partial charge in [0.1, 0.15) is 12.6 Å². The lowest BCUT2D eigenvalue weighted by Crippen LogP contribution is -2.61. The molecule has 1 aromatic rings. The van der Waals surface area contributed by atoms with Crippen LogP contribution in [-0.2, 0) is 9.59 Å². The molecule has 1 saturated carbocycles. The number of carbonyl (C=O) groups excluding carboxylic acids is 2. The van der Waals surface area contributed by atoms with Crippen LogP contribution in [0.3, 0.4) is 0 Å². The monoisotopic (exact) mass is 306 g/mol. The van der Waals surface area contributed by atoms with Gasteiger partial charge in [-0.3, -0.25) is 9.59 Å². The Labute approximate surface area is 129 Å². The van der Waals surface area contributed by atoms with Crippen molar-refractivity contribution in [3.8, 4) is 0 Å². The Hall–Kier alpha value is -1.55. The molecule has 2 aliphatic rings. The van der Waals surface area contributed by atoms with Crippen molar-refractivity contribution in [1.82, 2.24) is 5.32 Å². The number of halogens is 1. The van der Waals surface area contributed by atoms with Gasteiger partial charge in [-0.2, -0.15) is 0 Å². The number of hydrogen-bond acceptors (Lipinski definition) is 2. The summed E-state index contributed by atoms with van der Waals surface area (Å²) >= 11 is 5.99. The van der Waals surface area contributed by atoms with Crippen LogP contribution < -0.4 is 10.2 Å². The van der Waals surface area contributed by atoms with Gasteiger partial charge in [-0.1, -0.05) is 36.9 Å². The lowest BCUT2D eigenvalue weighted by molar-refractivity contribution is -0.132. The van der Waals surface area contributed by atoms with E-state index in [-0.39, 0.29) is 30.3 Å². The summed E-state index contributed by atoms with van der Waals surface area (Å²) in [5, 5.41) is 3.46. The van der Waals surface area contributed by atoms with Crippen molar-refractivity contribution in [3.63, 3.8) is 0 Å². The highest BCUT2D eigenvalue weighted by atomic mass is 35.5. The van der Waals surface area contributed by atoms with Crippen molar-refractivity contribution in [3.05, 3.63) is 29.3 Å². The minimum atomic E-state index is -0.384. The number of rotatable bonds is 2. The smallest absolute Gasteiger partial charge is 0.250 e. The van der Waals surface area contributed by atoms with Gasteiger partial charge in [0.05, 0.1) is 0 Å². The SMILES string of the molecule is O=C1CN(c2cccc(Cl)c2)C(=O)C(C2CCCCC2)N1. The second-order valence-electron chi connectivity index (χ2n) is 5.85. The lowest BCUT2D eigenvalue weighted by atomic mass is 9.82. The summed E-state index contributed by atoms with van der Waals surface area (Å²) in [5.74, 6) is 0.158. The molecule has 1 aliphatic heterocycles. The van der Waals surface area contributed by atoms with E-state index in [0.29, 0.717) is 10.7 Å². The van der Waals surface area contributed by atoms with Crippen molar-refractivity contribution < 1.29 is 9.59 Å². The molecule has 1 aliphatic carbocycles. The van der Waals surface area contributed by atoms with Gasteiger partial charge in [0.2, 0.25) is 11.8 Å². The maximum absolute atomic E-state index is 12.8. The first-order valence-electron chi connectivity index (χ1n) is 7.51. The highest BCUT2D eigenvalue weighted by molar-refractivity contribution is 6.31. The topological polar surface area (TPSA) is 49.4 Å². The predicted molar refractivity (Wildman–Crippen MR) is 82.3 cm³/mol. The summed E-state index contributed by atoms with van der Waals surface area (Å²) in [6, 6.07) is 6.73. The normalized spacial score (nSPS) is 24.0. The summed E-state index contributed by atoms with van der Waals surface area (Å²) < 4.78 is 0. The first-order chi connectivity index (χ1) is 10.1. The van der Waals surface area contributed by atoms with E-state index in [2.05, 4.69) is 5.32 Å². The molecule has 0 bridgehead atoms. The molecule has 1 atom stereocenters. The first kappa shape index (κ1) is 14.4. The third-order valence-corrected chi connectivity index (χ3v) is 4.63. The number of piperazine rings is 1. The van der Waals surface area contributed by atoms with Crippen molar-refractivity contribution in [2.75, 3.05) is 11.4 Å². The molecule has 1 saturated heterocycles. The average molecular weight is 307 g/mol. The molecule has 1 aromatic carbocycles. The van der Waals surface area contributed by atoms with E-state index in [1.807, 2.05) is 6.07 Å². The fraction of sp³-hybridized carbons (Fsp3) is 0.500. The molecule has 2 fully saturated rings. The molecule has 1 N–H and O–H groups in total. The van der Waals surface area contributed by atoms with Crippen LogP contribution in [0.4, 0.5) is 5.69 Å². The zero-order chi connectivity index (χ0) is 14.8. The van der Waals surface area contributed by atoms with E-state index in [1.165, 1.54) is 6.42 Å². The van der Waals surface area contributed by atoms with Crippen LogP contribution >= 0.6 is 11.6 Å². The van der Waals surface area contributed by atoms with Crippen LogP contribution in [0.1, 0.15) is 32.1 Å². The first-order valence-corrected chi connectivity index (χ1v) is 7.89. The van der Waals surface area contributed by atoms with Crippen LogP contribution in [0.2, 0.25) is 5.02 Å². The zero-order valence-electron chi connectivity index (χ0n) is 11.8. The Kier molecular flexibility index (Phi) is 4.15. The number of hydrogen-bond donors (Lipinski definition) is 1. The molecule has 112 valence electrons. The van der Waals surface area contributed by atoms with Gasteiger partial charge in [-0.05, 0) is 37.0 Å². The summed E-state index contributed by atoms with van der Waals surface area (Å²) in [6.45, 7) is 0.0718. The molecule has 0 spiro atoms. The van der Waals surface area contributed by atoms with E-state index in [9.17, 15) is 9.59 Å². The van der Waals surface area contributed by atoms with E-state index in [0.717, 1.165) is 25.7 Å². The number of anilines is 1. The second kappa shape index (κ2) is 6.06. The van der Waals surface area contributed by atoms with Crippen LogP contribution in [-0.4, -0.2) is 24.4 Å². The molecule has 1 unspecified atom stereocenters. The second-order valence-corrected chi connectivity index (χ2v) is 6.28. The predicted octanol–water partition coefficient (Wildman–Crippen LogP) is 2.75. The fourth-order valence-electron chi connectivity index (χ4n) is 3.32. The average Bonchev–Trinajstić information content (AvgIpc) is 2.50. The Morgan fingerprint density at radius 3 is 2.62 bits per heavy atom. The van der Waals surface area contributed by atoms with Gasteiger partial charge in [0.15, 0.2) is 0 Å². The molecule has 0 radical (unpaired) electrons. The third kappa shape index (κ3) is 3.05. The Bertz CT molecular complexity index is 555. The van der Waals surface area contributed by atoms with Crippen molar-refractivity contribution in [2.24, 2.45) is 5.92 Å². The summed E-state index contributed by atoms with van der Waals surface area (Å²) in [6.07, 6.45) is 5.53. The van der Waals surface area contributed by atoms with Gasteiger partial charge in [0.25, 0.3) is 0 Å². The quantitative estimate of drug-likeness (QED) is 0.913. The van der Waals surface area contributed by atoms with Crippen LogP contribution in [0.15, 0.2) is 24.3 Å². The largest absolute Gasteiger partial charge is 0.342 e. The molecule has 5 heteroatoms. The number of nitrogens with zero attached hydrogens (tertiary/aromatic N) is 1. The van der Waals surface area contributed by atoms with Crippen molar-refractivity contribution in [2.45, 2.75) is 38.1 Å². The molecule has 0 aromatic heterocycles. The minimum Gasteiger partial charge on any atom is -0.342 e. The molecule has 21 heavy (non-hydrogen) atoms. The third-order valence-electron chi connectivity index (χ3n) is 4.39. The van der Waals surface area contributed by atoms with Crippen LogP contribution in [0.5, 0.6) is 0 Å². The highest BCUT2D eigenvalue weighted by Crippen LogP contribution is 2.30. The lowest BCUT2D eigenvalue weighted by Gasteiger charge is -2.37. The Morgan fingerprint density at radius 2 is 1.90 bits per heavy atom. The van der Waals surface area contributed by atoms with Gasteiger partial charge < -0.3 is 10.2 Å². The van der Waals surface area contributed by atoms with Gasteiger partial charge in [-0.15, -0.1) is 0 Å². The van der Waals surface area contributed by atoms with Gasteiger partial charge in [-0.25, -0.2) is 0 Å². The number of nitrogens with one attached hydrogen (secondary N) is 1. The van der Waals surface area contributed by atoms with E-state index < -0.39 is 0 Å². The summed E-state index contributed by atoms with van der Waals surface area (Å²) in [5.41, 5.74) is 0.697. The zero-order valence-corrected chi connectivity index (χ0v) is 12.6. The standard InChI is InChI=1S/C16H19ClN2O2/c17-12-7-4-8-13(9-12)19-10-14(20)18-15(16(19)21)11-5-2-1-3-6-11/h4,7-9,11,15H,1-3,5-6,10H2,(H,18,20). The Balaban J connectivity index is 1.84. The summed E-state index contributed by atoms with van der Waals surface area (Å²) in [4.78, 5) is 26.3. The minimum absolute atomic E-state index is 0.0104. The molecule has 1 heterocycles. The maximum atomic E-state index is 12.8. The van der Waals surface area contributed by atoms with E-state index in [1.54, 1.807) is 23.1 Å². The molecule has 3 rings (SSSR count). The van der Waals surface area contributed by atoms with Crippen LogP contribution in [0.25, 0.3) is 0 Å². The highest BCUT2D eigenvalue weighted by Gasteiger charge is 2.38.